The van der Waals surface area contributed by atoms with E-state index in [9.17, 15) is 13.2 Å². The number of carbonyl (C=O) groups excluding carboxylic acids is 1. The van der Waals surface area contributed by atoms with Crippen LogP contribution in [0.3, 0.4) is 0 Å². The van der Waals surface area contributed by atoms with E-state index in [1.54, 1.807) is 35.2 Å². The topological polar surface area (TPSA) is 67.6 Å². The number of hydrogen-bond donors (Lipinski definition) is 0. The van der Waals surface area contributed by atoms with Crippen molar-refractivity contribution in [1.82, 2.24) is 4.90 Å². The van der Waals surface area contributed by atoms with E-state index >= 15 is 0 Å². The van der Waals surface area contributed by atoms with Crippen LogP contribution < -0.4 is 0 Å². The minimum atomic E-state index is -3.10. The van der Waals surface area contributed by atoms with Gasteiger partial charge in [0.1, 0.15) is 5.76 Å². The molecule has 8 heteroatoms. The standard InChI is InChI=1S/C17H17Cl2NO4S/c18-15-4-3-12(8-16(15)19)9-17(21)20(10-14-2-1-6-24-14)13-5-7-25(22,23)11-13/h1-4,6,8,13H,5,7,9-11H2. The van der Waals surface area contributed by atoms with Crippen LogP contribution >= 0.6 is 23.2 Å². The van der Waals surface area contributed by atoms with E-state index in [1.165, 1.54) is 6.26 Å². The molecule has 2 heterocycles. The summed E-state index contributed by atoms with van der Waals surface area (Å²) in [5.74, 6) is 0.538. The van der Waals surface area contributed by atoms with Gasteiger partial charge in [-0.15, -0.1) is 0 Å². The number of rotatable bonds is 5. The molecule has 134 valence electrons. The van der Waals surface area contributed by atoms with E-state index < -0.39 is 9.84 Å². The number of halogens is 2. The average Bonchev–Trinajstić information content (AvgIpc) is 3.17. The molecule has 2 aromatic rings. The molecular formula is C17H17Cl2NO4S. The number of carbonyl (C=O) groups is 1. The van der Waals surface area contributed by atoms with Crippen LogP contribution in [-0.2, 0) is 27.6 Å². The van der Waals surface area contributed by atoms with Gasteiger partial charge in [-0.25, -0.2) is 8.42 Å². The summed E-state index contributed by atoms with van der Waals surface area (Å²) in [4.78, 5) is 14.4. The zero-order valence-electron chi connectivity index (χ0n) is 13.3. The van der Waals surface area contributed by atoms with Gasteiger partial charge in [-0.3, -0.25) is 4.79 Å². The molecule has 0 spiro atoms. The number of hydrogen-bond acceptors (Lipinski definition) is 4. The summed E-state index contributed by atoms with van der Waals surface area (Å²) in [6.07, 6.45) is 2.09. The second-order valence-corrected chi connectivity index (χ2v) is 9.13. The van der Waals surface area contributed by atoms with Gasteiger partial charge in [0.15, 0.2) is 9.84 Å². The molecule has 1 aliphatic heterocycles. The van der Waals surface area contributed by atoms with Crippen molar-refractivity contribution < 1.29 is 17.6 Å². The normalized spacial score (nSPS) is 19.0. The summed E-state index contributed by atoms with van der Waals surface area (Å²) >= 11 is 11.9. The van der Waals surface area contributed by atoms with Crippen molar-refractivity contribution in [2.45, 2.75) is 25.4 Å². The van der Waals surface area contributed by atoms with Crippen molar-refractivity contribution in [1.29, 1.82) is 0 Å². The number of nitrogens with zero attached hydrogens (tertiary/aromatic N) is 1. The molecule has 3 rings (SSSR count). The van der Waals surface area contributed by atoms with Gasteiger partial charge in [-0.2, -0.15) is 0 Å². The Morgan fingerprint density at radius 2 is 2.04 bits per heavy atom. The largest absolute Gasteiger partial charge is 0.467 e. The Hall–Kier alpha value is -1.50. The molecule has 1 aromatic carbocycles. The van der Waals surface area contributed by atoms with E-state index in [1.807, 2.05) is 0 Å². The fourth-order valence-corrected chi connectivity index (χ4v) is 4.99. The molecule has 1 saturated heterocycles. The van der Waals surface area contributed by atoms with Gasteiger partial charge in [0.05, 0.1) is 40.8 Å². The minimum absolute atomic E-state index is 0.0131. The molecule has 1 aromatic heterocycles. The summed E-state index contributed by atoms with van der Waals surface area (Å²) in [5.41, 5.74) is 0.727. The van der Waals surface area contributed by atoms with Crippen LogP contribution in [0.5, 0.6) is 0 Å². The molecule has 5 nitrogen and oxygen atoms in total. The number of amides is 1. The van der Waals surface area contributed by atoms with E-state index in [0.29, 0.717) is 22.2 Å². The van der Waals surface area contributed by atoms with Gasteiger partial charge >= 0.3 is 0 Å². The van der Waals surface area contributed by atoms with Crippen LogP contribution in [0.25, 0.3) is 0 Å². The summed E-state index contributed by atoms with van der Waals surface area (Å²) in [5, 5.41) is 0.806. The Labute approximate surface area is 156 Å². The molecule has 0 saturated carbocycles. The molecule has 0 bridgehead atoms. The van der Waals surface area contributed by atoms with Crippen molar-refractivity contribution in [3.8, 4) is 0 Å². The van der Waals surface area contributed by atoms with Crippen molar-refractivity contribution in [3.05, 3.63) is 58.0 Å². The highest BCUT2D eigenvalue weighted by Crippen LogP contribution is 2.25. The SMILES string of the molecule is O=C(Cc1ccc(Cl)c(Cl)c1)N(Cc1ccco1)C1CCS(=O)(=O)C1. The Bertz CT molecular complexity index is 865. The van der Waals surface area contributed by atoms with E-state index in [0.717, 1.165) is 5.56 Å². The van der Waals surface area contributed by atoms with Gasteiger partial charge in [-0.1, -0.05) is 29.3 Å². The molecule has 1 unspecified atom stereocenters. The van der Waals surface area contributed by atoms with Crippen LogP contribution in [0, 0.1) is 0 Å². The zero-order chi connectivity index (χ0) is 18.0. The lowest BCUT2D eigenvalue weighted by Crippen LogP contribution is -2.41. The molecular weight excluding hydrogens is 385 g/mol. The lowest BCUT2D eigenvalue weighted by Gasteiger charge is -2.27. The smallest absolute Gasteiger partial charge is 0.227 e. The summed E-state index contributed by atoms with van der Waals surface area (Å²) < 4.78 is 29.0. The quantitative estimate of drug-likeness (QED) is 0.770. The van der Waals surface area contributed by atoms with E-state index in [-0.39, 0.29) is 36.4 Å². The molecule has 1 fully saturated rings. The van der Waals surface area contributed by atoms with Crippen molar-refractivity contribution in [2.75, 3.05) is 11.5 Å². The Morgan fingerprint density at radius 1 is 1.24 bits per heavy atom. The minimum Gasteiger partial charge on any atom is -0.467 e. The lowest BCUT2D eigenvalue weighted by atomic mass is 10.1. The van der Waals surface area contributed by atoms with Crippen LogP contribution in [0.4, 0.5) is 0 Å². The molecule has 1 aliphatic rings. The molecule has 1 atom stereocenters. The first-order valence-corrected chi connectivity index (χ1v) is 10.4. The predicted octanol–water partition coefficient (Wildman–Crippen LogP) is 3.34. The zero-order valence-corrected chi connectivity index (χ0v) is 15.6. The highest BCUT2D eigenvalue weighted by atomic mass is 35.5. The van der Waals surface area contributed by atoms with Crippen LogP contribution in [0.15, 0.2) is 41.0 Å². The number of furan rings is 1. The number of benzene rings is 1. The van der Waals surface area contributed by atoms with Crippen molar-refractivity contribution in [3.63, 3.8) is 0 Å². The first-order valence-electron chi connectivity index (χ1n) is 7.80. The molecule has 25 heavy (non-hydrogen) atoms. The van der Waals surface area contributed by atoms with Crippen LogP contribution in [-0.4, -0.2) is 36.8 Å². The Balaban J connectivity index is 1.80. The second kappa shape index (κ2) is 7.40. The van der Waals surface area contributed by atoms with Gasteiger partial charge in [0.2, 0.25) is 5.91 Å². The van der Waals surface area contributed by atoms with Crippen molar-refractivity contribution >= 4 is 38.9 Å². The Morgan fingerprint density at radius 3 is 2.64 bits per heavy atom. The molecule has 0 aliphatic carbocycles. The first-order chi connectivity index (χ1) is 11.8. The third-order valence-corrected chi connectivity index (χ3v) is 6.70. The van der Waals surface area contributed by atoms with E-state index in [4.69, 9.17) is 27.6 Å². The first kappa shape index (κ1) is 18.3. The lowest BCUT2D eigenvalue weighted by molar-refractivity contribution is -0.133. The highest BCUT2D eigenvalue weighted by molar-refractivity contribution is 7.91. The second-order valence-electron chi connectivity index (χ2n) is 6.08. The third kappa shape index (κ3) is 4.57. The van der Waals surface area contributed by atoms with Crippen LogP contribution in [0.2, 0.25) is 10.0 Å². The summed E-state index contributed by atoms with van der Waals surface area (Å²) in [7, 11) is -3.10. The average molecular weight is 402 g/mol. The number of sulfone groups is 1. The Kier molecular flexibility index (Phi) is 5.41. The molecule has 0 radical (unpaired) electrons. The predicted molar refractivity (Wildman–Crippen MR) is 96.5 cm³/mol. The maximum atomic E-state index is 12.8. The fraction of sp³-hybridized carbons (Fsp3) is 0.353. The molecule has 0 N–H and O–H groups in total. The maximum absolute atomic E-state index is 12.8. The monoisotopic (exact) mass is 401 g/mol. The highest BCUT2D eigenvalue weighted by Gasteiger charge is 2.35. The van der Waals surface area contributed by atoms with Gasteiger partial charge < -0.3 is 9.32 Å². The van der Waals surface area contributed by atoms with Crippen LogP contribution in [0.1, 0.15) is 17.7 Å². The van der Waals surface area contributed by atoms with Gasteiger partial charge in [-0.05, 0) is 36.2 Å². The van der Waals surface area contributed by atoms with Crippen molar-refractivity contribution in [2.24, 2.45) is 0 Å². The summed E-state index contributed by atoms with van der Waals surface area (Å²) in [6, 6.07) is 8.19. The maximum Gasteiger partial charge on any atom is 0.227 e. The summed E-state index contributed by atoms with van der Waals surface area (Å²) in [6.45, 7) is 0.243. The fourth-order valence-electron chi connectivity index (χ4n) is 2.94. The third-order valence-electron chi connectivity index (χ3n) is 4.22. The van der Waals surface area contributed by atoms with Gasteiger partial charge in [0.25, 0.3) is 0 Å². The molecule has 1 amide bonds. The van der Waals surface area contributed by atoms with E-state index in [2.05, 4.69) is 0 Å². The van der Waals surface area contributed by atoms with Gasteiger partial charge in [0, 0.05) is 6.04 Å².